The highest BCUT2D eigenvalue weighted by molar-refractivity contribution is 5.20. The van der Waals surface area contributed by atoms with Crippen molar-refractivity contribution in [2.24, 2.45) is 5.92 Å². The second kappa shape index (κ2) is 5.75. The van der Waals surface area contributed by atoms with Crippen LogP contribution in [0.3, 0.4) is 0 Å². The van der Waals surface area contributed by atoms with Crippen molar-refractivity contribution in [3.8, 4) is 0 Å². The van der Waals surface area contributed by atoms with Crippen molar-refractivity contribution in [2.75, 3.05) is 6.54 Å². The van der Waals surface area contributed by atoms with Gasteiger partial charge in [-0.25, -0.2) is 4.98 Å². The van der Waals surface area contributed by atoms with E-state index in [9.17, 15) is 0 Å². The van der Waals surface area contributed by atoms with Crippen LogP contribution in [0.25, 0.3) is 0 Å². The standard InChI is InChI=1S/C14H22N6/c1-11(2)9-14-17-12-10-15-4-3-13(12)20(14)8-7-19-6-5-16-18-19/h5-6,11,15H,3-4,7-10H2,1-2H3. The normalized spacial score (nSPS) is 14.8. The summed E-state index contributed by atoms with van der Waals surface area (Å²) >= 11 is 0. The molecule has 0 aromatic carbocycles. The van der Waals surface area contributed by atoms with Gasteiger partial charge in [0.1, 0.15) is 5.82 Å². The Bertz CT molecular complexity index is 554. The second-order valence-electron chi connectivity index (χ2n) is 5.76. The second-order valence-corrected chi connectivity index (χ2v) is 5.76. The molecule has 6 heteroatoms. The minimum Gasteiger partial charge on any atom is -0.330 e. The molecule has 0 radical (unpaired) electrons. The molecule has 0 spiro atoms. The van der Waals surface area contributed by atoms with Crippen LogP contribution in [0.2, 0.25) is 0 Å². The maximum atomic E-state index is 4.85. The SMILES string of the molecule is CC(C)Cc1nc2c(n1CCn1ccnn1)CCNC2. The summed E-state index contributed by atoms with van der Waals surface area (Å²) in [6.45, 7) is 8.20. The van der Waals surface area contributed by atoms with Gasteiger partial charge in [-0.15, -0.1) is 5.10 Å². The van der Waals surface area contributed by atoms with Gasteiger partial charge in [0.05, 0.1) is 18.4 Å². The van der Waals surface area contributed by atoms with Crippen LogP contribution >= 0.6 is 0 Å². The van der Waals surface area contributed by atoms with Gasteiger partial charge in [0, 0.05) is 44.4 Å². The molecular formula is C14H22N6. The third kappa shape index (κ3) is 2.75. The average Bonchev–Trinajstić information content (AvgIpc) is 3.03. The molecule has 6 nitrogen and oxygen atoms in total. The Hall–Kier alpha value is -1.69. The molecular weight excluding hydrogens is 252 g/mol. The topological polar surface area (TPSA) is 60.6 Å². The molecule has 0 amide bonds. The zero-order valence-electron chi connectivity index (χ0n) is 12.2. The number of rotatable bonds is 5. The first-order chi connectivity index (χ1) is 9.74. The summed E-state index contributed by atoms with van der Waals surface area (Å²) < 4.78 is 4.28. The minimum atomic E-state index is 0.622. The summed E-state index contributed by atoms with van der Waals surface area (Å²) in [5.74, 6) is 1.84. The summed E-state index contributed by atoms with van der Waals surface area (Å²) in [6.07, 6.45) is 5.73. The lowest BCUT2D eigenvalue weighted by atomic mass is 10.1. The van der Waals surface area contributed by atoms with E-state index in [-0.39, 0.29) is 0 Å². The number of aryl methyl sites for hydroxylation is 1. The predicted octanol–water partition coefficient (Wildman–Crippen LogP) is 1.02. The van der Waals surface area contributed by atoms with Crippen molar-refractivity contribution in [3.63, 3.8) is 0 Å². The summed E-state index contributed by atoms with van der Waals surface area (Å²) in [6, 6.07) is 0. The van der Waals surface area contributed by atoms with E-state index in [0.717, 1.165) is 39.0 Å². The minimum absolute atomic E-state index is 0.622. The third-order valence-electron chi connectivity index (χ3n) is 3.68. The highest BCUT2D eigenvalue weighted by Gasteiger charge is 2.19. The number of imidazole rings is 1. The van der Waals surface area contributed by atoms with Crippen molar-refractivity contribution in [2.45, 2.75) is 46.3 Å². The van der Waals surface area contributed by atoms with Gasteiger partial charge in [-0.1, -0.05) is 19.1 Å². The van der Waals surface area contributed by atoms with Gasteiger partial charge in [-0.3, -0.25) is 4.68 Å². The molecule has 3 heterocycles. The number of hydrogen-bond acceptors (Lipinski definition) is 4. The summed E-state index contributed by atoms with van der Waals surface area (Å²) in [4.78, 5) is 4.85. The molecule has 0 fully saturated rings. The Kier molecular flexibility index (Phi) is 3.82. The molecule has 0 atom stereocenters. The lowest BCUT2D eigenvalue weighted by molar-refractivity contribution is 0.480. The van der Waals surface area contributed by atoms with Crippen LogP contribution < -0.4 is 5.32 Å². The maximum Gasteiger partial charge on any atom is 0.109 e. The van der Waals surface area contributed by atoms with Crippen LogP contribution in [0.1, 0.15) is 31.1 Å². The molecule has 1 aliphatic rings. The molecule has 0 unspecified atom stereocenters. The van der Waals surface area contributed by atoms with E-state index < -0.39 is 0 Å². The lowest BCUT2D eigenvalue weighted by Gasteiger charge is -2.16. The van der Waals surface area contributed by atoms with E-state index in [0.29, 0.717) is 5.92 Å². The fourth-order valence-electron chi connectivity index (χ4n) is 2.77. The van der Waals surface area contributed by atoms with Gasteiger partial charge < -0.3 is 9.88 Å². The van der Waals surface area contributed by atoms with Gasteiger partial charge in [0.25, 0.3) is 0 Å². The molecule has 0 saturated carbocycles. The predicted molar refractivity (Wildman–Crippen MR) is 76.2 cm³/mol. The Balaban J connectivity index is 1.83. The maximum absolute atomic E-state index is 4.85. The largest absolute Gasteiger partial charge is 0.330 e. The first kappa shape index (κ1) is 13.3. The Morgan fingerprint density at radius 1 is 1.35 bits per heavy atom. The summed E-state index contributed by atoms with van der Waals surface area (Å²) in [5, 5.41) is 11.3. The molecule has 1 N–H and O–H groups in total. The molecule has 3 rings (SSSR count). The first-order valence-corrected chi connectivity index (χ1v) is 7.36. The monoisotopic (exact) mass is 274 g/mol. The quantitative estimate of drug-likeness (QED) is 0.884. The van der Waals surface area contributed by atoms with E-state index in [1.165, 1.54) is 17.2 Å². The van der Waals surface area contributed by atoms with Gasteiger partial charge in [-0.05, 0) is 5.92 Å². The number of hydrogen-bond donors (Lipinski definition) is 1. The molecule has 108 valence electrons. The van der Waals surface area contributed by atoms with E-state index in [4.69, 9.17) is 4.98 Å². The molecule has 2 aromatic heterocycles. The zero-order valence-corrected chi connectivity index (χ0v) is 12.2. The van der Waals surface area contributed by atoms with Gasteiger partial charge >= 0.3 is 0 Å². The zero-order chi connectivity index (χ0) is 13.9. The van der Waals surface area contributed by atoms with Crippen LogP contribution in [-0.2, 0) is 32.5 Å². The summed E-state index contributed by atoms with van der Waals surface area (Å²) in [7, 11) is 0. The molecule has 20 heavy (non-hydrogen) atoms. The molecule has 2 aromatic rings. The Morgan fingerprint density at radius 3 is 3.00 bits per heavy atom. The van der Waals surface area contributed by atoms with Crippen molar-refractivity contribution in [1.82, 2.24) is 29.9 Å². The smallest absolute Gasteiger partial charge is 0.109 e. The van der Waals surface area contributed by atoms with E-state index in [1.807, 2.05) is 10.9 Å². The third-order valence-corrected chi connectivity index (χ3v) is 3.68. The number of fused-ring (bicyclic) bond motifs is 1. The molecule has 0 aliphatic carbocycles. The average molecular weight is 274 g/mol. The van der Waals surface area contributed by atoms with Gasteiger partial charge in [-0.2, -0.15) is 0 Å². The number of aromatic nitrogens is 5. The van der Waals surface area contributed by atoms with Crippen LogP contribution in [-0.4, -0.2) is 31.1 Å². The molecule has 0 saturated heterocycles. The van der Waals surface area contributed by atoms with E-state index in [2.05, 4.69) is 34.0 Å². The van der Waals surface area contributed by atoms with E-state index >= 15 is 0 Å². The van der Waals surface area contributed by atoms with Crippen LogP contribution in [0.4, 0.5) is 0 Å². The van der Waals surface area contributed by atoms with Crippen LogP contribution in [0.5, 0.6) is 0 Å². The lowest BCUT2D eigenvalue weighted by Crippen LogP contribution is -2.25. The Morgan fingerprint density at radius 2 is 2.25 bits per heavy atom. The fraction of sp³-hybridized carbons (Fsp3) is 0.643. The van der Waals surface area contributed by atoms with Crippen molar-refractivity contribution in [1.29, 1.82) is 0 Å². The van der Waals surface area contributed by atoms with Gasteiger partial charge in [0.15, 0.2) is 0 Å². The van der Waals surface area contributed by atoms with Crippen LogP contribution in [0.15, 0.2) is 12.4 Å². The van der Waals surface area contributed by atoms with Crippen molar-refractivity contribution >= 4 is 0 Å². The molecule has 0 bridgehead atoms. The highest BCUT2D eigenvalue weighted by atomic mass is 15.4. The van der Waals surface area contributed by atoms with Crippen molar-refractivity contribution < 1.29 is 0 Å². The summed E-state index contributed by atoms with van der Waals surface area (Å²) in [5.41, 5.74) is 2.63. The highest BCUT2D eigenvalue weighted by Crippen LogP contribution is 2.18. The number of nitrogens with zero attached hydrogens (tertiary/aromatic N) is 5. The fourth-order valence-corrected chi connectivity index (χ4v) is 2.77. The van der Waals surface area contributed by atoms with Crippen molar-refractivity contribution in [3.05, 3.63) is 29.6 Å². The van der Waals surface area contributed by atoms with E-state index in [1.54, 1.807) is 6.20 Å². The first-order valence-electron chi connectivity index (χ1n) is 7.36. The van der Waals surface area contributed by atoms with Gasteiger partial charge in [0.2, 0.25) is 0 Å². The Labute approximate surface area is 119 Å². The molecule has 1 aliphatic heterocycles. The number of nitrogens with one attached hydrogen (secondary N) is 1. The van der Waals surface area contributed by atoms with Crippen LogP contribution in [0, 0.1) is 5.92 Å².